The number of benzene rings is 1. The van der Waals surface area contributed by atoms with Gasteiger partial charge in [-0.3, -0.25) is 9.69 Å². The predicted molar refractivity (Wildman–Crippen MR) is 98.6 cm³/mol. The van der Waals surface area contributed by atoms with Crippen LogP contribution < -0.4 is 5.32 Å². The molecular weight excluding hydrogens is 318 g/mol. The van der Waals surface area contributed by atoms with Gasteiger partial charge >= 0.3 is 6.03 Å². The molecule has 3 amide bonds. The molecule has 0 atom stereocenters. The van der Waals surface area contributed by atoms with Crippen LogP contribution in [0, 0.1) is 0 Å². The number of amides is 3. The highest BCUT2D eigenvalue weighted by Crippen LogP contribution is 2.29. The van der Waals surface area contributed by atoms with Crippen molar-refractivity contribution in [2.45, 2.75) is 26.2 Å². The largest absolute Gasteiger partial charge is 0.383 e. The third-order valence-electron chi connectivity index (χ3n) is 4.27. The highest BCUT2D eigenvalue weighted by Gasteiger charge is 2.31. The Morgan fingerprint density at radius 3 is 2.84 bits per heavy atom. The van der Waals surface area contributed by atoms with E-state index < -0.39 is 0 Å². The van der Waals surface area contributed by atoms with Crippen molar-refractivity contribution in [3.63, 3.8) is 0 Å². The lowest BCUT2D eigenvalue weighted by molar-refractivity contribution is -0.127. The van der Waals surface area contributed by atoms with E-state index in [1.807, 2.05) is 24.3 Å². The lowest BCUT2D eigenvalue weighted by atomic mass is 9.96. The van der Waals surface area contributed by atoms with Gasteiger partial charge in [0.2, 0.25) is 5.91 Å². The number of methoxy groups -OCH3 is 1. The van der Waals surface area contributed by atoms with Crippen molar-refractivity contribution in [3.8, 4) is 0 Å². The Labute approximate surface area is 149 Å². The van der Waals surface area contributed by atoms with Crippen LogP contribution >= 0.6 is 0 Å². The quantitative estimate of drug-likeness (QED) is 0.773. The van der Waals surface area contributed by atoms with Crippen LogP contribution in [0.5, 0.6) is 0 Å². The summed E-state index contributed by atoms with van der Waals surface area (Å²) in [6.45, 7) is 9.30. The van der Waals surface area contributed by atoms with E-state index in [9.17, 15) is 9.59 Å². The fraction of sp³-hybridized carbons (Fsp3) is 0.474. The minimum absolute atomic E-state index is 0.0596. The molecule has 1 saturated heterocycles. The summed E-state index contributed by atoms with van der Waals surface area (Å²) >= 11 is 0. The first kappa shape index (κ1) is 19.0. The van der Waals surface area contributed by atoms with Gasteiger partial charge in [0.15, 0.2) is 0 Å². The molecule has 0 unspecified atom stereocenters. The van der Waals surface area contributed by atoms with E-state index in [0.717, 1.165) is 16.8 Å². The fourth-order valence-corrected chi connectivity index (χ4v) is 2.90. The molecule has 0 spiro atoms. The van der Waals surface area contributed by atoms with Crippen LogP contribution in [0.1, 0.15) is 30.9 Å². The maximum absolute atomic E-state index is 12.7. The predicted octanol–water partition coefficient (Wildman–Crippen LogP) is 2.82. The Bertz CT molecular complexity index is 643. The summed E-state index contributed by atoms with van der Waals surface area (Å²) in [5.74, 6) is 0.217. The molecule has 1 aromatic carbocycles. The number of carbonyl (C=O) groups is 2. The molecule has 0 saturated carbocycles. The summed E-state index contributed by atoms with van der Waals surface area (Å²) < 4.78 is 5.01. The lowest BCUT2D eigenvalue weighted by Gasteiger charge is -2.22. The molecule has 1 fully saturated rings. The normalized spacial score (nSPS) is 14.3. The fourth-order valence-electron chi connectivity index (χ4n) is 2.90. The monoisotopic (exact) mass is 345 g/mol. The van der Waals surface area contributed by atoms with Crippen LogP contribution in [-0.4, -0.2) is 55.2 Å². The topological polar surface area (TPSA) is 61.9 Å². The van der Waals surface area contributed by atoms with E-state index in [2.05, 4.69) is 25.7 Å². The molecule has 1 N–H and O–H groups in total. The second kappa shape index (κ2) is 8.67. The zero-order valence-corrected chi connectivity index (χ0v) is 15.2. The number of para-hydroxylation sites is 1. The van der Waals surface area contributed by atoms with E-state index in [-0.39, 0.29) is 31.1 Å². The van der Waals surface area contributed by atoms with Crippen LogP contribution in [-0.2, 0) is 16.0 Å². The number of allylic oxidation sites excluding steroid dienone is 1. The van der Waals surface area contributed by atoms with Gasteiger partial charge in [0.25, 0.3) is 0 Å². The number of hydrogen-bond donors (Lipinski definition) is 1. The zero-order valence-electron chi connectivity index (χ0n) is 15.2. The van der Waals surface area contributed by atoms with E-state index in [1.54, 1.807) is 12.0 Å². The van der Waals surface area contributed by atoms with Gasteiger partial charge in [-0.15, -0.1) is 6.58 Å². The zero-order chi connectivity index (χ0) is 18.4. The van der Waals surface area contributed by atoms with Gasteiger partial charge in [-0.2, -0.15) is 0 Å². The van der Waals surface area contributed by atoms with Crippen molar-refractivity contribution in [1.29, 1.82) is 0 Å². The first-order valence-electron chi connectivity index (χ1n) is 8.53. The average molecular weight is 345 g/mol. The Morgan fingerprint density at radius 2 is 2.20 bits per heavy atom. The van der Waals surface area contributed by atoms with E-state index in [4.69, 9.17) is 4.74 Å². The van der Waals surface area contributed by atoms with Crippen LogP contribution in [0.2, 0.25) is 0 Å². The number of urea groups is 1. The number of hydrogen-bond acceptors (Lipinski definition) is 3. The van der Waals surface area contributed by atoms with Gasteiger partial charge in [-0.1, -0.05) is 38.1 Å². The van der Waals surface area contributed by atoms with Crippen molar-refractivity contribution in [2.24, 2.45) is 0 Å². The first-order valence-corrected chi connectivity index (χ1v) is 8.53. The second-order valence-electron chi connectivity index (χ2n) is 6.45. The van der Waals surface area contributed by atoms with Gasteiger partial charge in [-0.05, 0) is 23.5 Å². The Balaban J connectivity index is 2.15. The van der Waals surface area contributed by atoms with Gasteiger partial charge in [0.05, 0.1) is 13.3 Å². The molecule has 0 radical (unpaired) electrons. The minimum Gasteiger partial charge on any atom is -0.383 e. The molecule has 25 heavy (non-hydrogen) atoms. The standard InChI is InChI=1S/C19H27N3O3/c1-5-7-15-8-6-9-16(14(2)3)18(15)20-19(24)22-12-17(23)21(13-22)10-11-25-4/h5-6,8-9,14H,1,7,10-13H2,2-4H3,(H,20,24). The average Bonchev–Trinajstić information content (AvgIpc) is 2.95. The molecule has 6 heteroatoms. The summed E-state index contributed by atoms with van der Waals surface area (Å²) in [4.78, 5) is 27.9. The van der Waals surface area contributed by atoms with Crippen LogP contribution in [0.4, 0.5) is 10.5 Å². The Kier molecular flexibility index (Phi) is 6.58. The molecule has 1 aliphatic heterocycles. The third kappa shape index (κ3) is 4.60. The Morgan fingerprint density at radius 1 is 1.44 bits per heavy atom. The third-order valence-corrected chi connectivity index (χ3v) is 4.27. The molecule has 2 rings (SSSR count). The molecule has 1 aromatic rings. The van der Waals surface area contributed by atoms with Gasteiger partial charge < -0.3 is 15.0 Å². The molecular formula is C19H27N3O3. The SMILES string of the molecule is C=CCc1cccc(C(C)C)c1NC(=O)N1CC(=O)N(CCOC)C1. The second-order valence-corrected chi connectivity index (χ2v) is 6.45. The number of carbonyl (C=O) groups excluding carboxylic acids is 2. The highest BCUT2D eigenvalue weighted by atomic mass is 16.5. The summed E-state index contributed by atoms with van der Waals surface area (Å²) in [5.41, 5.74) is 2.93. The number of ether oxygens (including phenoxy) is 1. The first-order chi connectivity index (χ1) is 12.0. The van der Waals surface area contributed by atoms with Crippen LogP contribution in [0.3, 0.4) is 0 Å². The van der Waals surface area contributed by atoms with Crippen LogP contribution in [0.25, 0.3) is 0 Å². The summed E-state index contributed by atoms with van der Waals surface area (Å²) in [6.07, 6.45) is 2.50. The number of rotatable bonds is 7. The van der Waals surface area contributed by atoms with E-state index in [0.29, 0.717) is 19.6 Å². The molecule has 136 valence electrons. The van der Waals surface area contributed by atoms with Gasteiger partial charge in [0, 0.05) is 19.3 Å². The lowest BCUT2D eigenvalue weighted by Crippen LogP contribution is -2.36. The molecule has 1 aliphatic rings. The molecule has 1 heterocycles. The molecule has 0 aromatic heterocycles. The molecule has 0 aliphatic carbocycles. The van der Waals surface area contributed by atoms with E-state index >= 15 is 0 Å². The van der Waals surface area contributed by atoms with Gasteiger partial charge in [-0.25, -0.2) is 4.79 Å². The van der Waals surface area contributed by atoms with Crippen LogP contribution in [0.15, 0.2) is 30.9 Å². The summed E-state index contributed by atoms with van der Waals surface area (Å²) in [5, 5.41) is 3.01. The van der Waals surface area contributed by atoms with E-state index in [1.165, 1.54) is 4.90 Å². The van der Waals surface area contributed by atoms with Gasteiger partial charge in [0.1, 0.15) is 6.54 Å². The van der Waals surface area contributed by atoms with Crippen molar-refractivity contribution in [3.05, 3.63) is 42.0 Å². The number of nitrogens with one attached hydrogen (secondary N) is 1. The summed E-state index contributed by atoms with van der Waals surface area (Å²) in [7, 11) is 1.59. The molecule has 6 nitrogen and oxygen atoms in total. The minimum atomic E-state index is -0.258. The maximum Gasteiger partial charge on any atom is 0.323 e. The Hall–Kier alpha value is -2.34. The highest BCUT2D eigenvalue weighted by molar-refractivity contribution is 5.95. The smallest absolute Gasteiger partial charge is 0.323 e. The van der Waals surface area contributed by atoms with Crippen molar-refractivity contribution >= 4 is 17.6 Å². The maximum atomic E-state index is 12.7. The van der Waals surface area contributed by atoms with Crippen molar-refractivity contribution in [2.75, 3.05) is 38.8 Å². The number of nitrogens with zero attached hydrogens (tertiary/aromatic N) is 2. The van der Waals surface area contributed by atoms with Crippen molar-refractivity contribution < 1.29 is 14.3 Å². The van der Waals surface area contributed by atoms with Crippen molar-refractivity contribution in [1.82, 2.24) is 9.80 Å². The number of anilines is 1. The molecule has 0 bridgehead atoms. The summed E-state index contributed by atoms with van der Waals surface area (Å²) in [6, 6.07) is 5.75.